The number of nitrogens with two attached hydrogens (primary N) is 1. The molecule has 2 N–H and O–H groups in total. The first-order chi connectivity index (χ1) is 16.4. The van der Waals surface area contributed by atoms with Crippen LogP contribution in [0, 0.1) is 0 Å². The maximum atomic E-state index is 12.5. The lowest BCUT2D eigenvalue weighted by molar-refractivity contribution is -0.187. The number of imidazole rings is 1. The molecule has 2 heterocycles. The fourth-order valence-electron chi connectivity index (χ4n) is 2.95. The molecule has 2 aromatic heterocycles. The average Bonchev–Trinajstić information content (AvgIpc) is 3.16. The van der Waals surface area contributed by atoms with Gasteiger partial charge in [0.25, 0.3) is 0 Å². The van der Waals surface area contributed by atoms with E-state index in [9.17, 15) is 14.5 Å². The highest BCUT2D eigenvalue weighted by Gasteiger charge is 2.35. The Morgan fingerprint density at radius 1 is 1.26 bits per heavy atom. The van der Waals surface area contributed by atoms with Crippen LogP contribution >= 0.6 is 8.17 Å². The van der Waals surface area contributed by atoms with Gasteiger partial charge in [-0.1, -0.05) is 4.74 Å². The van der Waals surface area contributed by atoms with Gasteiger partial charge in [-0.2, -0.15) is 0 Å². The van der Waals surface area contributed by atoms with E-state index in [4.69, 9.17) is 24.5 Å². The number of hydrogen-bond acceptors (Lipinski definition) is 12. The number of hydrogen-bond donors (Lipinski definition) is 1. The molecular formula is C21H33N6O7P. The summed E-state index contributed by atoms with van der Waals surface area (Å²) < 4.78 is 27.0. The number of nitrogen functional groups attached to an aromatic ring is 1. The summed E-state index contributed by atoms with van der Waals surface area (Å²) >= 11 is 0. The van der Waals surface area contributed by atoms with Gasteiger partial charge in [0, 0.05) is 6.42 Å². The van der Waals surface area contributed by atoms with Gasteiger partial charge in [0.2, 0.25) is 6.10 Å². The van der Waals surface area contributed by atoms with Crippen LogP contribution in [-0.2, 0) is 34.9 Å². The van der Waals surface area contributed by atoms with Crippen molar-refractivity contribution in [2.45, 2.75) is 78.4 Å². The summed E-state index contributed by atoms with van der Waals surface area (Å²) in [6, 6.07) is 0. The van der Waals surface area contributed by atoms with Crippen molar-refractivity contribution in [2.75, 3.05) is 18.9 Å². The normalized spacial score (nSPS) is 14.2. The Kier molecular flexibility index (Phi) is 10.4. The summed E-state index contributed by atoms with van der Waals surface area (Å²) in [6.07, 6.45) is 1.13. The third-order valence-electron chi connectivity index (χ3n) is 4.60. The van der Waals surface area contributed by atoms with E-state index in [0.29, 0.717) is 17.7 Å². The first-order valence-corrected chi connectivity index (χ1v) is 12.3. The maximum absolute atomic E-state index is 12.5. The molecule has 3 unspecified atom stereocenters. The highest BCUT2D eigenvalue weighted by atomic mass is 31.1. The molecule has 2 rings (SSSR count). The first-order valence-electron chi connectivity index (χ1n) is 11.2. The Morgan fingerprint density at radius 3 is 2.63 bits per heavy atom. The number of rotatable bonds is 13. The van der Waals surface area contributed by atoms with Crippen LogP contribution in [0.2, 0.25) is 0 Å². The van der Waals surface area contributed by atoms with Gasteiger partial charge in [-0.25, -0.2) is 24.5 Å². The fourth-order valence-corrected chi connectivity index (χ4v) is 3.89. The van der Waals surface area contributed by atoms with E-state index in [-0.39, 0.29) is 31.6 Å². The molecule has 0 spiro atoms. The Hall–Kier alpha value is -2.73. The van der Waals surface area contributed by atoms with Gasteiger partial charge in [-0.05, 0) is 41.5 Å². The van der Waals surface area contributed by atoms with Gasteiger partial charge in [0.15, 0.2) is 17.0 Å². The minimum atomic E-state index is -2.72. The highest BCUT2D eigenvalue weighted by Crippen LogP contribution is 2.28. The number of carbonyl (C=O) groups excluding carboxylic acids is 2. The molecule has 0 fully saturated rings. The van der Waals surface area contributed by atoms with Crippen LogP contribution in [-0.4, -0.2) is 68.5 Å². The van der Waals surface area contributed by atoms with Crippen molar-refractivity contribution < 1.29 is 33.2 Å². The summed E-state index contributed by atoms with van der Waals surface area (Å²) in [5.41, 5.74) is 5.50. The SMILES string of the molecule is CCOC(=O)C(C)(C)N=[P+]([O-])OC(CCOC(C)Cn1cnc2c(N)ncnc21)C(=O)OC(C)C. The minimum absolute atomic E-state index is 0.0616. The molecular weight excluding hydrogens is 479 g/mol. The second-order valence-corrected chi connectivity index (χ2v) is 9.38. The summed E-state index contributed by atoms with van der Waals surface area (Å²) in [5, 5.41) is 0. The zero-order valence-corrected chi connectivity index (χ0v) is 21.7. The lowest BCUT2D eigenvalue weighted by atomic mass is 10.1. The van der Waals surface area contributed by atoms with Crippen molar-refractivity contribution in [3.63, 3.8) is 0 Å². The van der Waals surface area contributed by atoms with Gasteiger partial charge in [0.1, 0.15) is 11.8 Å². The van der Waals surface area contributed by atoms with Crippen LogP contribution in [0.4, 0.5) is 5.82 Å². The molecule has 0 saturated carbocycles. The van der Waals surface area contributed by atoms with Crippen molar-refractivity contribution in [3.05, 3.63) is 12.7 Å². The molecule has 0 aliphatic carbocycles. The third kappa shape index (κ3) is 8.46. The standard InChI is InChI=1S/C21H33N6O7P/c1-7-31-20(29)21(5,6)26-35(30)34-15(19(28)33-13(2)3)8-9-32-14(4)10-27-12-25-16-17(22)23-11-24-18(16)27/h11-15H,7-10H2,1-6H3,(H2,22,23,24). The van der Waals surface area contributed by atoms with Crippen molar-refractivity contribution in [2.24, 2.45) is 4.74 Å². The van der Waals surface area contributed by atoms with Crippen LogP contribution in [0.1, 0.15) is 48.0 Å². The predicted octanol–water partition coefficient (Wildman–Crippen LogP) is 1.74. The highest BCUT2D eigenvalue weighted by molar-refractivity contribution is 7.33. The van der Waals surface area contributed by atoms with Crippen molar-refractivity contribution in [1.29, 1.82) is 0 Å². The molecule has 194 valence electrons. The van der Waals surface area contributed by atoms with E-state index < -0.39 is 37.9 Å². The molecule has 0 bridgehead atoms. The van der Waals surface area contributed by atoms with E-state index in [0.717, 1.165) is 0 Å². The summed E-state index contributed by atoms with van der Waals surface area (Å²) in [4.78, 5) is 49.3. The van der Waals surface area contributed by atoms with Crippen LogP contribution in [0.15, 0.2) is 17.4 Å². The topological polar surface area (TPSA) is 176 Å². The number of esters is 2. The fraction of sp³-hybridized carbons (Fsp3) is 0.667. The van der Waals surface area contributed by atoms with Gasteiger partial charge in [-0.15, -0.1) is 4.52 Å². The molecule has 3 atom stereocenters. The number of anilines is 1. The molecule has 2 aromatic rings. The lowest BCUT2D eigenvalue weighted by Crippen LogP contribution is -2.33. The van der Waals surface area contributed by atoms with E-state index in [1.165, 1.54) is 20.2 Å². The summed E-state index contributed by atoms with van der Waals surface area (Å²) in [7, 11) is -2.72. The van der Waals surface area contributed by atoms with Crippen molar-refractivity contribution in [3.8, 4) is 0 Å². The zero-order valence-electron chi connectivity index (χ0n) is 20.8. The summed E-state index contributed by atoms with van der Waals surface area (Å²) in [5.74, 6) is -1.06. The molecule has 0 radical (unpaired) electrons. The van der Waals surface area contributed by atoms with Crippen LogP contribution < -0.4 is 10.6 Å². The van der Waals surface area contributed by atoms with Gasteiger partial charge >= 0.3 is 20.1 Å². The van der Waals surface area contributed by atoms with Crippen LogP contribution in [0.5, 0.6) is 0 Å². The molecule has 13 nitrogen and oxygen atoms in total. The lowest BCUT2D eigenvalue weighted by Gasteiger charge is -2.18. The monoisotopic (exact) mass is 512 g/mol. The Morgan fingerprint density at radius 2 is 1.97 bits per heavy atom. The third-order valence-corrected chi connectivity index (χ3v) is 5.70. The number of aromatic nitrogens is 4. The first kappa shape index (κ1) is 28.5. The number of nitrogens with zero attached hydrogens (tertiary/aromatic N) is 5. The molecule has 14 heteroatoms. The van der Waals surface area contributed by atoms with Crippen LogP contribution in [0.3, 0.4) is 0 Å². The second-order valence-electron chi connectivity index (χ2n) is 8.50. The zero-order chi connectivity index (χ0) is 26.2. The Labute approximate surface area is 205 Å². The van der Waals surface area contributed by atoms with E-state index >= 15 is 0 Å². The molecule has 0 aliphatic heterocycles. The van der Waals surface area contributed by atoms with Crippen LogP contribution in [0.25, 0.3) is 11.2 Å². The minimum Gasteiger partial charge on any atom is -0.583 e. The van der Waals surface area contributed by atoms with E-state index in [1.807, 2.05) is 6.92 Å². The van der Waals surface area contributed by atoms with Crippen molar-refractivity contribution >= 4 is 37.1 Å². The van der Waals surface area contributed by atoms with Gasteiger partial charge in [-0.3, -0.25) is 0 Å². The number of fused-ring (bicyclic) bond motifs is 1. The largest absolute Gasteiger partial charge is 0.583 e. The molecule has 0 aliphatic rings. The number of carbonyl (C=O) groups is 2. The Bertz CT molecular complexity index is 1040. The van der Waals surface area contributed by atoms with Gasteiger partial charge in [0.05, 0.1) is 38.3 Å². The predicted molar refractivity (Wildman–Crippen MR) is 126 cm³/mol. The molecule has 0 saturated heterocycles. The Balaban J connectivity index is 2.00. The molecule has 0 aromatic carbocycles. The number of ether oxygens (including phenoxy) is 3. The maximum Gasteiger partial charge on any atom is 0.343 e. The smallest absolute Gasteiger partial charge is 0.343 e. The molecule has 0 amide bonds. The van der Waals surface area contributed by atoms with E-state index in [1.54, 1.807) is 31.7 Å². The van der Waals surface area contributed by atoms with Crippen molar-refractivity contribution in [1.82, 2.24) is 19.5 Å². The van der Waals surface area contributed by atoms with E-state index in [2.05, 4.69) is 19.7 Å². The summed E-state index contributed by atoms with van der Waals surface area (Å²) in [6.45, 7) is 10.5. The quantitative estimate of drug-likeness (QED) is 0.305. The average molecular weight is 513 g/mol. The molecule has 35 heavy (non-hydrogen) atoms. The second kappa shape index (κ2) is 12.8. The van der Waals surface area contributed by atoms with Gasteiger partial charge < -0.3 is 29.4 Å².